The summed E-state index contributed by atoms with van der Waals surface area (Å²) in [7, 11) is 0. The summed E-state index contributed by atoms with van der Waals surface area (Å²) in [5.41, 5.74) is 1.88. The Morgan fingerprint density at radius 1 is 1.06 bits per heavy atom. The first kappa shape index (κ1) is 10.7. The number of nitrogens with zero attached hydrogens (tertiary/aromatic N) is 1. The molecule has 0 aliphatic rings. The van der Waals surface area contributed by atoms with Crippen molar-refractivity contribution in [1.82, 2.24) is 0 Å². The molecule has 0 aromatic heterocycles. The monoisotopic (exact) mass is 229 g/mol. The van der Waals surface area contributed by atoms with Gasteiger partial charge in [-0.2, -0.15) is 4.99 Å². The Bertz CT molecular complexity index is 545. The molecule has 0 fully saturated rings. The predicted molar refractivity (Wildman–Crippen MR) is 66.5 cm³/mol. The maximum Gasteiger partial charge on any atom is 0.133 e. The Kier molecular flexibility index (Phi) is 3.20. The van der Waals surface area contributed by atoms with Crippen molar-refractivity contribution in [1.29, 1.82) is 0 Å². The van der Waals surface area contributed by atoms with Gasteiger partial charge in [0.25, 0.3) is 0 Å². The predicted octanol–water partition coefficient (Wildman–Crippen LogP) is 4.23. The van der Waals surface area contributed by atoms with Crippen LogP contribution in [0.1, 0.15) is 0 Å². The van der Waals surface area contributed by atoms with Crippen molar-refractivity contribution < 1.29 is 4.39 Å². The van der Waals surface area contributed by atoms with Crippen molar-refractivity contribution in [2.45, 2.75) is 0 Å². The summed E-state index contributed by atoms with van der Waals surface area (Å²) in [5.74, 6) is -0.308. The van der Waals surface area contributed by atoms with Crippen LogP contribution in [0, 0.1) is 5.82 Å². The van der Waals surface area contributed by atoms with E-state index in [0.29, 0.717) is 11.3 Å². The fourth-order valence-electron chi connectivity index (χ4n) is 1.48. The third-order valence-corrected chi connectivity index (χ3v) is 2.30. The summed E-state index contributed by atoms with van der Waals surface area (Å²) < 4.78 is 13.7. The molecule has 0 heterocycles. The molecule has 2 rings (SSSR count). The third kappa shape index (κ3) is 2.22. The molecule has 0 bridgehead atoms. The largest absolute Gasteiger partial charge is 0.206 e. The second-order valence-electron chi connectivity index (χ2n) is 3.23. The summed E-state index contributed by atoms with van der Waals surface area (Å²) in [6.07, 6.45) is 0. The molecule has 0 spiro atoms. The van der Waals surface area contributed by atoms with Crippen LogP contribution in [0.25, 0.3) is 11.1 Å². The Morgan fingerprint density at radius 3 is 2.44 bits per heavy atom. The molecule has 1 nitrogen and oxygen atoms in total. The van der Waals surface area contributed by atoms with Gasteiger partial charge in [-0.3, -0.25) is 0 Å². The zero-order valence-corrected chi connectivity index (χ0v) is 9.17. The molecule has 78 valence electrons. The van der Waals surface area contributed by atoms with Gasteiger partial charge >= 0.3 is 0 Å². The molecule has 0 amide bonds. The van der Waals surface area contributed by atoms with Crippen molar-refractivity contribution in [2.24, 2.45) is 4.99 Å². The van der Waals surface area contributed by atoms with Crippen molar-refractivity contribution in [3.05, 3.63) is 54.3 Å². The van der Waals surface area contributed by atoms with E-state index in [4.69, 9.17) is 0 Å². The van der Waals surface area contributed by atoms with Gasteiger partial charge < -0.3 is 0 Å². The summed E-state index contributed by atoms with van der Waals surface area (Å²) >= 11 is 4.46. The average Bonchev–Trinajstić information content (AvgIpc) is 2.31. The fourth-order valence-corrected chi connectivity index (χ4v) is 1.58. The second kappa shape index (κ2) is 4.79. The number of hydrogen-bond donors (Lipinski definition) is 0. The number of hydrogen-bond acceptors (Lipinski definition) is 2. The molecule has 16 heavy (non-hydrogen) atoms. The number of benzene rings is 2. The number of thiocarbonyl (C=S) groups is 1. The highest BCUT2D eigenvalue weighted by atomic mass is 32.1. The summed E-state index contributed by atoms with van der Waals surface area (Å²) in [6.45, 7) is 0. The van der Waals surface area contributed by atoms with E-state index in [0.717, 1.165) is 5.56 Å². The van der Waals surface area contributed by atoms with Crippen LogP contribution in [0.5, 0.6) is 0 Å². The quantitative estimate of drug-likeness (QED) is 0.554. The first-order valence-electron chi connectivity index (χ1n) is 4.74. The van der Waals surface area contributed by atoms with Crippen molar-refractivity contribution in [3.8, 4) is 11.1 Å². The molecule has 0 aliphatic heterocycles. The van der Waals surface area contributed by atoms with Crippen molar-refractivity contribution in [2.75, 3.05) is 0 Å². The standard InChI is InChI=1S/C13H8FNS/c14-13-8-11(15-9-16)6-7-12(13)10-4-2-1-3-5-10/h1-8H. The molecular formula is C13H8FNS. The van der Waals surface area contributed by atoms with Crippen LogP contribution >= 0.6 is 12.2 Å². The number of halogens is 1. The van der Waals surface area contributed by atoms with Crippen LogP contribution in [0.3, 0.4) is 0 Å². The van der Waals surface area contributed by atoms with Gasteiger partial charge in [-0.05, 0) is 29.9 Å². The lowest BCUT2D eigenvalue weighted by Gasteiger charge is -2.03. The van der Waals surface area contributed by atoms with E-state index in [1.54, 1.807) is 12.1 Å². The SMILES string of the molecule is Fc1cc(N=C=S)ccc1-c1ccccc1. The maximum atomic E-state index is 13.7. The molecule has 0 aliphatic carbocycles. The number of rotatable bonds is 2. The normalized spacial score (nSPS) is 9.56. The highest BCUT2D eigenvalue weighted by Gasteiger charge is 2.04. The van der Waals surface area contributed by atoms with Gasteiger partial charge in [0.1, 0.15) is 5.82 Å². The molecular weight excluding hydrogens is 221 g/mol. The van der Waals surface area contributed by atoms with E-state index in [2.05, 4.69) is 22.4 Å². The van der Waals surface area contributed by atoms with E-state index in [1.807, 2.05) is 30.3 Å². The minimum absolute atomic E-state index is 0.308. The van der Waals surface area contributed by atoms with Crippen LogP contribution in [0.15, 0.2) is 53.5 Å². The van der Waals surface area contributed by atoms with Gasteiger partial charge in [0, 0.05) is 11.6 Å². The molecule has 2 aromatic carbocycles. The van der Waals surface area contributed by atoms with E-state index in [9.17, 15) is 4.39 Å². The lowest BCUT2D eigenvalue weighted by atomic mass is 10.1. The summed E-state index contributed by atoms with van der Waals surface area (Å²) in [5, 5.41) is 2.21. The zero-order chi connectivity index (χ0) is 11.4. The summed E-state index contributed by atoms with van der Waals surface area (Å²) in [4.78, 5) is 3.73. The van der Waals surface area contributed by atoms with E-state index in [-0.39, 0.29) is 5.82 Å². The topological polar surface area (TPSA) is 12.4 Å². The van der Waals surface area contributed by atoms with Crippen molar-refractivity contribution in [3.63, 3.8) is 0 Å². The molecule has 3 heteroatoms. The molecule has 0 unspecified atom stereocenters. The molecule has 2 aromatic rings. The first-order valence-corrected chi connectivity index (χ1v) is 5.15. The van der Waals surface area contributed by atoms with Crippen LogP contribution in [-0.4, -0.2) is 5.16 Å². The lowest BCUT2D eigenvalue weighted by Crippen LogP contribution is -1.83. The Balaban J connectivity index is 2.48. The van der Waals surface area contributed by atoms with E-state index in [1.165, 1.54) is 6.07 Å². The minimum atomic E-state index is -0.308. The van der Waals surface area contributed by atoms with Gasteiger partial charge in [0.05, 0.1) is 10.8 Å². The molecule has 0 N–H and O–H groups in total. The number of isothiocyanates is 1. The van der Waals surface area contributed by atoms with Crippen LogP contribution < -0.4 is 0 Å². The maximum absolute atomic E-state index is 13.7. The highest BCUT2D eigenvalue weighted by molar-refractivity contribution is 7.78. The molecule has 0 saturated heterocycles. The van der Waals surface area contributed by atoms with Gasteiger partial charge in [-0.1, -0.05) is 30.3 Å². The second-order valence-corrected chi connectivity index (χ2v) is 3.42. The average molecular weight is 229 g/mol. The molecule has 0 radical (unpaired) electrons. The zero-order valence-electron chi connectivity index (χ0n) is 8.35. The first-order chi connectivity index (χ1) is 7.81. The summed E-state index contributed by atoms with van der Waals surface area (Å²) in [6, 6.07) is 14.1. The Labute approximate surface area is 98.3 Å². The smallest absolute Gasteiger partial charge is 0.133 e. The lowest BCUT2D eigenvalue weighted by molar-refractivity contribution is 0.631. The van der Waals surface area contributed by atoms with Gasteiger partial charge in [0.2, 0.25) is 0 Å². The fraction of sp³-hybridized carbons (Fsp3) is 0. The minimum Gasteiger partial charge on any atom is -0.206 e. The molecule has 0 saturated carbocycles. The van der Waals surface area contributed by atoms with E-state index < -0.39 is 0 Å². The van der Waals surface area contributed by atoms with Gasteiger partial charge in [-0.25, -0.2) is 4.39 Å². The Morgan fingerprint density at radius 2 is 1.81 bits per heavy atom. The highest BCUT2D eigenvalue weighted by Crippen LogP contribution is 2.25. The van der Waals surface area contributed by atoms with Gasteiger partial charge in [-0.15, -0.1) is 0 Å². The molecule has 0 atom stereocenters. The van der Waals surface area contributed by atoms with Gasteiger partial charge in [0.15, 0.2) is 0 Å². The third-order valence-electron chi connectivity index (χ3n) is 2.21. The van der Waals surface area contributed by atoms with Crippen LogP contribution in [0.4, 0.5) is 10.1 Å². The Hall–Kier alpha value is -1.83. The van der Waals surface area contributed by atoms with Crippen LogP contribution in [-0.2, 0) is 0 Å². The van der Waals surface area contributed by atoms with E-state index >= 15 is 0 Å². The van der Waals surface area contributed by atoms with Crippen LogP contribution in [0.2, 0.25) is 0 Å². The number of aliphatic imine (C=N–C) groups is 1. The van der Waals surface area contributed by atoms with Crippen molar-refractivity contribution >= 4 is 23.1 Å².